The van der Waals surface area contributed by atoms with Crippen LogP contribution in [0.5, 0.6) is 11.5 Å². The Hall–Kier alpha value is -2.74. The molecule has 0 saturated carbocycles. The van der Waals surface area contributed by atoms with Crippen molar-refractivity contribution < 1.29 is 9.47 Å². The van der Waals surface area contributed by atoms with Gasteiger partial charge in [0.1, 0.15) is 22.5 Å². The minimum absolute atomic E-state index is 0.334. The molecule has 0 aliphatic carbocycles. The zero-order valence-corrected chi connectivity index (χ0v) is 19.2. The molecule has 0 aliphatic heterocycles. The summed E-state index contributed by atoms with van der Waals surface area (Å²) in [5.74, 6) is 1.47. The van der Waals surface area contributed by atoms with Crippen LogP contribution in [0.2, 0.25) is 15.2 Å². The van der Waals surface area contributed by atoms with Crippen molar-refractivity contribution in [3.8, 4) is 22.8 Å². The van der Waals surface area contributed by atoms with Crippen LogP contribution >= 0.6 is 34.8 Å². The second kappa shape index (κ2) is 8.78. The number of aryl methyl sites for hydroxylation is 1. The van der Waals surface area contributed by atoms with E-state index >= 15 is 0 Å². The standard InChI is InChI=1S/C21H18Cl3N5O2/c1-29-10-11(8-27-29)7-26-21-13-5-17(22)25-9-12(13)4-14(28-21)18-19(23)15(30-2)6-16(31-3)20(18)24/h4-6,8-10H,7H2,1-3H3,(H,26,28). The average Bonchev–Trinajstić information content (AvgIpc) is 3.17. The lowest BCUT2D eigenvalue weighted by Gasteiger charge is -2.16. The van der Waals surface area contributed by atoms with Crippen molar-refractivity contribution in [2.45, 2.75) is 6.54 Å². The summed E-state index contributed by atoms with van der Waals surface area (Å²) in [6.45, 7) is 0.516. The molecule has 0 aliphatic rings. The third kappa shape index (κ3) is 4.21. The topological polar surface area (TPSA) is 74.1 Å². The molecule has 3 aromatic heterocycles. The molecule has 7 nitrogen and oxygen atoms in total. The number of nitrogens with zero attached hydrogens (tertiary/aromatic N) is 4. The molecule has 0 unspecified atom stereocenters. The van der Waals surface area contributed by atoms with Crippen molar-refractivity contribution in [2.75, 3.05) is 19.5 Å². The van der Waals surface area contributed by atoms with Crippen LogP contribution in [0, 0.1) is 0 Å². The fourth-order valence-electron chi connectivity index (χ4n) is 3.24. The summed E-state index contributed by atoms with van der Waals surface area (Å²) >= 11 is 19.4. The highest BCUT2D eigenvalue weighted by molar-refractivity contribution is 6.41. The molecular weight excluding hydrogens is 461 g/mol. The zero-order chi connectivity index (χ0) is 22.1. The Morgan fingerprint density at radius 3 is 2.32 bits per heavy atom. The van der Waals surface area contributed by atoms with Crippen molar-refractivity contribution in [2.24, 2.45) is 7.05 Å². The molecule has 1 aromatic carbocycles. The number of benzene rings is 1. The molecular formula is C21H18Cl3N5O2. The van der Waals surface area contributed by atoms with Crippen molar-refractivity contribution in [1.29, 1.82) is 0 Å². The number of fused-ring (bicyclic) bond motifs is 1. The van der Waals surface area contributed by atoms with Gasteiger partial charge in [-0.05, 0) is 12.1 Å². The third-order valence-electron chi connectivity index (χ3n) is 4.73. The van der Waals surface area contributed by atoms with E-state index in [0.29, 0.717) is 50.3 Å². The highest BCUT2D eigenvalue weighted by Crippen LogP contribution is 2.46. The molecule has 0 bridgehead atoms. The largest absolute Gasteiger partial charge is 0.495 e. The summed E-state index contributed by atoms with van der Waals surface area (Å²) in [5.41, 5.74) is 2.04. The summed E-state index contributed by atoms with van der Waals surface area (Å²) in [7, 11) is 4.92. The normalized spacial score (nSPS) is 11.0. The fraction of sp³-hybridized carbons (Fsp3) is 0.190. The lowest BCUT2D eigenvalue weighted by Crippen LogP contribution is -2.03. The number of rotatable bonds is 6. The van der Waals surface area contributed by atoms with Gasteiger partial charge in [-0.1, -0.05) is 34.8 Å². The summed E-state index contributed by atoms with van der Waals surface area (Å²) in [6, 6.07) is 5.24. The van der Waals surface area contributed by atoms with Crippen molar-refractivity contribution in [1.82, 2.24) is 19.7 Å². The van der Waals surface area contributed by atoms with Crippen LogP contribution in [-0.2, 0) is 13.6 Å². The molecule has 0 spiro atoms. The smallest absolute Gasteiger partial charge is 0.141 e. The summed E-state index contributed by atoms with van der Waals surface area (Å²) in [5, 5.41) is 10.2. The maximum Gasteiger partial charge on any atom is 0.141 e. The Balaban J connectivity index is 1.89. The van der Waals surface area contributed by atoms with Crippen LogP contribution in [0.3, 0.4) is 0 Å². The Morgan fingerprint density at radius 2 is 1.71 bits per heavy atom. The van der Waals surface area contributed by atoms with E-state index in [2.05, 4.69) is 15.4 Å². The first-order valence-electron chi connectivity index (χ1n) is 9.19. The van der Waals surface area contributed by atoms with Gasteiger partial charge >= 0.3 is 0 Å². The van der Waals surface area contributed by atoms with Crippen molar-refractivity contribution in [3.63, 3.8) is 0 Å². The fourth-order valence-corrected chi connectivity index (χ4v) is 4.10. The molecule has 3 heterocycles. The number of nitrogens with one attached hydrogen (secondary N) is 1. The molecule has 31 heavy (non-hydrogen) atoms. The lowest BCUT2D eigenvalue weighted by atomic mass is 10.1. The molecule has 4 rings (SSSR count). The van der Waals surface area contributed by atoms with Gasteiger partial charge in [-0.2, -0.15) is 5.10 Å². The van der Waals surface area contributed by atoms with Crippen LogP contribution in [0.15, 0.2) is 36.8 Å². The van der Waals surface area contributed by atoms with Crippen LogP contribution < -0.4 is 14.8 Å². The number of aromatic nitrogens is 4. The average molecular weight is 479 g/mol. The summed E-state index contributed by atoms with van der Waals surface area (Å²) in [6.07, 6.45) is 5.39. The molecule has 0 saturated heterocycles. The van der Waals surface area contributed by atoms with Gasteiger partial charge in [-0.3, -0.25) is 4.68 Å². The first kappa shape index (κ1) is 21.5. The monoisotopic (exact) mass is 477 g/mol. The number of anilines is 1. The van der Waals surface area contributed by atoms with Crippen LogP contribution in [-0.4, -0.2) is 34.0 Å². The van der Waals surface area contributed by atoms with E-state index in [9.17, 15) is 0 Å². The van der Waals surface area contributed by atoms with Gasteiger partial charge in [-0.25, -0.2) is 9.97 Å². The second-order valence-corrected chi connectivity index (χ2v) is 7.89. The molecule has 0 radical (unpaired) electrons. The van der Waals surface area contributed by atoms with Gasteiger partial charge in [-0.15, -0.1) is 0 Å². The van der Waals surface area contributed by atoms with E-state index in [1.165, 1.54) is 14.2 Å². The lowest BCUT2D eigenvalue weighted by molar-refractivity contribution is 0.395. The maximum absolute atomic E-state index is 6.61. The van der Waals surface area contributed by atoms with Crippen LogP contribution in [0.25, 0.3) is 22.0 Å². The summed E-state index contributed by atoms with van der Waals surface area (Å²) in [4.78, 5) is 9.00. The second-order valence-electron chi connectivity index (χ2n) is 6.74. The molecule has 0 amide bonds. The Labute approximate surface area is 193 Å². The van der Waals surface area contributed by atoms with Gasteiger partial charge in [0, 0.05) is 54.0 Å². The molecule has 4 aromatic rings. The summed E-state index contributed by atoms with van der Waals surface area (Å²) < 4.78 is 12.5. The Kier molecular flexibility index (Phi) is 6.09. The van der Waals surface area contributed by atoms with E-state index in [1.807, 2.05) is 19.3 Å². The number of hydrogen-bond donors (Lipinski definition) is 1. The predicted molar refractivity (Wildman–Crippen MR) is 124 cm³/mol. The highest BCUT2D eigenvalue weighted by atomic mass is 35.5. The quantitative estimate of drug-likeness (QED) is 0.363. The van der Waals surface area contributed by atoms with Crippen LogP contribution in [0.4, 0.5) is 5.82 Å². The van der Waals surface area contributed by atoms with E-state index in [-0.39, 0.29) is 0 Å². The minimum Gasteiger partial charge on any atom is -0.495 e. The van der Waals surface area contributed by atoms with Gasteiger partial charge in [0.2, 0.25) is 0 Å². The molecule has 1 N–H and O–H groups in total. The maximum atomic E-state index is 6.61. The predicted octanol–water partition coefficient (Wildman–Crippen LogP) is 5.62. The Bertz CT molecular complexity index is 1250. The highest BCUT2D eigenvalue weighted by Gasteiger charge is 2.21. The van der Waals surface area contributed by atoms with Gasteiger partial charge in [0.25, 0.3) is 0 Å². The van der Waals surface area contributed by atoms with Crippen LogP contribution in [0.1, 0.15) is 5.56 Å². The molecule has 10 heteroatoms. The van der Waals surface area contributed by atoms with Gasteiger partial charge in [0.05, 0.1) is 36.2 Å². The van der Waals surface area contributed by atoms with Gasteiger partial charge < -0.3 is 14.8 Å². The van der Waals surface area contributed by atoms with E-state index < -0.39 is 0 Å². The SMILES string of the molecule is COc1cc(OC)c(Cl)c(-c2cc3cnc(Cl)cc3c(NCc3cnn(C)c3)n2)c1Cl. The van der Waals surface area contributed by atoms with Crippen molar-refractivity contribution >= 4 is 51.4 Å². The van der Waals surface area contributed by atoms with Crippen molar-refractivity contribution in [3.05, 3.63) is 57.6 Å². The minimum atomic E-state index is 0.334. The third-order valence-corrected chi connectivity index (χ3v) is 5.69. The molecule has 160 valence electrons. The van der Waals surface area contributed by atoms with E-state index in [1.54, 1.807) is 29.2 Å². The number of ether oxygens (including phenoxy) is 2. The first-order valence-corrected chi connectivity index (χ1v) is 10.3. The molecule has 0 atom stereocenters. The van der Waals surface area contributed by atoms with E-state index in [0.717, 1.165) is 16.3 Å². The number of halogens is 3. The van der Waals surface area contributed by atoms with Gasteiger partial charge in [0.15, 0.2) is 0 Å². The zero-order valence-electron chi connectivity index (χ0n) is 16.9. The molecule has 0 fully saturated rings. The Morgan fingerprint density at radius 1 is 1.00 bits per heavy atom. The number of hydrogen-bond acceptors (Lipinski definition) is 6. The first-order chi connectivity index (χ1) is 14.9. The number of pyridine rings is 2. The van der Waals surface area contributed by atoms with E-state index in [4.69, 9.17) is 49.3 Å². The number of methoxy groups -OCH3 is 2.